The number of nitrogens with one attached hydrogen (secondary N) is 1. The number of carbonyl (C=O) groups is 2. The zero-order valence-corrected chi connectivity index (χ0v) is 21.9. The van der Waals surface area contributed by atoms with Gasteiger partial charge in [0.05, 0.1) is 4.47 Å². The molecule has 0 saturated heterocycles. The van der Waals surface area contributed by atoms with Gasteiger partial charge in [0, 0.05) is 28.7 Å². The number of amides is 2. The molecule has 1 unspecified atom stereocenters. The Hall–Kier alpha value is -1.76. The van der Waals surface area contributed by atoms with Crippen LogP contribution in [-0.2, 0) is 16.1 Å². The zero-order chi connectivity index (χ0) is 23.8. The van der Waals surface area contributed by atoms with Crippen molar-refractivity contribution in [1.29, 1.82) is 0 Å². The van der Waals surface area contributed by atoms with Crippen molar-refractivity contribution < 1.29 is 14.3 Å². The van der Waals surface area contributed by atoms with Gasteiger partial charge >= 0.3 is 0 Å². The first-order valence-corrected chi connectivity index (χ1v) is 12.1. The highest BCUT2D eigenvalue weighted by atomic mass is 79.9. The molecular weight excluding hydrogens is 515 g/mol. The molecule has 0 spiro atoms. The molecule has 2 aromatic rings. The van der Waals surface area contributed by atoms with E-state index in [2.05, 4.69) is 35.1 Å². The molecule has 0 radical (unpaired) electrons. The van der Waals surface area contributed by atoms with Gasteiger partial charge in [0.15, 0.2) is 6.61 Å². The van der Waals surface area contributed by atoms with Crippen LogP contribution in [0.2, 0.25) is 10.0 Å². The van der Waals surface area contributed by atoms with E-state index in [9.17, 15) is 9.59 Å². The highest BCUT2D eigenvalue weighted by molar-refractivity contribution is 9.10. The van der Waals surface area contributed by atoms with E-state index in [4.69, 9.17) is 27.9 Å². The fourth-order valence-electron chi connectivity index (χ4n) is 3.05. The SMILES string of the molecule is CCCNC(=O)C(C)N(Cc1c(Cl)cccc1Cl)C(=O)COc1ccc(C(C)C)cc1Br. The molecule has 2 amide bonds. The van der Waals surface area contributed by atoms with Crippen LogP contribution in [0.5, 0.6) is 5.75 Å². The molecule has 2 rings (SSSR count). The molecule has 174 valence electrons. The molecule has 5 nitrogen and oxygen atoms in total. The van der Waals surface area contributed by atoms with Gasteiger partial charge in [-0.1, -0.05) is 56.1 Å². The standard InChI is InChI=1S/C24H29BrCl2N2O3/c1-5-11-28-24(31)16(4)29(13-18-20(26)7-6-8-21(18)27)23(30)14-32-22-10-9-17(15(2)3)12-19(22)25/h6-10,12,15-16H,5,11,13-14H2,1-4H3,(H,28,31). The van der Waals surface area contributed by atoms with E-state index in [1.165, 1.54) is 4.90 Å². The molecule has 0 aliphatic heterocycles. The van der Waals surface area contributed by atoms with E-state index in [1.807, 2.05) is 25.1 Å². The quantitative estimate of drug-likeness (QED) is 0.388. The van der Waals surface area contributed by atoms with Crippen molar-refractivity contribution in [3.63, 3.8) is 0 Å². The Morgan fingerprint density at radius 1 is 1.12 bits per heavy atom. The van der Waals surface area contributed by atoms with Gasteiger partial charge in [-0.3, -0.25) is 9.59 Å². The molecular formula is C24H29BrCl2N2O3. The van der Waals surface area contributed by atoms with Crippen molar-refractivity contribution >= 4 is 50.9 Å². The van der Waals surface area contributed by atoms with Crippen molar-refractivity contribution in [1.82, 2.24) is 10.2 Å². The number of benzene rings is 2. The van der Waals surface area contributed by atoms with E-state index < -0.39 is 6.04 Å². The maximum absolute atomic E-state index is 13.2. The minimum Gasteiger partial charge on any atom is -0.483 e. The second kappa shape index (κ2) is 12.5. The first-order chi connectivity index (χ1) is 15.1. The first kappa shape index (κ1) is 26.5. The van der Waals surface area contributed by atoms with Crippen molar-refractivity contribution in [2.45, 2.75) is 52.6 Å². The summed E-state index contributed by atoms with van der Waals surface area (Å²) < 4.78 is 6.56. The summed E-state index contributed by atoms with van der Waals surface area (Å²) in [6, 6.07) is 10.2. The molecule has 0 bridgehead atoms. The van der Waals surface area contributed by atoms with Crippen molar-refractivity contribution in [2.24, 2.45) is 0 Å². The van der Waals surface area contributed by atoms with Gasteiger partial charge in [0.25, 0.3) is 5.91 Å². The van der Waals surface area contributed by atoms with Crippen LogP contribution in [0.4, 0.5) is 0 Å². The average Bonchev–Trinajstić information content (AvgIpc) is 2.75. The third-order valence-corrected chi connectivity index (χ3v) is 6.41. The monoisotopic (exact) mass is 542 g/mol. The summed E-state index contributed by atoms with van der Waals surface area (Å²) in [6.07, 6.45) is 0.798. The van der Waals surface area contributed by atoms with Gasteiger partial charge in [-0.15, -0.1) is 0 Å². The van der Waals surface area contributed by atoms with Crippen LogP contribution < -0.4 is 10.1 Å². The lowest BCUT2D eigenvalue weighted by molar-refractivity contribution is -0.142. The van der Waals surface area contributed by atoms with Gasteiger partial charge in [-0.25, -0.2) is 0 Å². The third-order valence-electron chi connectivity index (χ3n) is 5.08. The van der Waals surface area contributed by atoms with Gasteiger partial charge in [-0.2, -0.15) is 0 Å². The maximum atomic E-state index is 13.2. The summed E-state index contributed by atoms with van der Waals surface area (Å²) in [5.74, 6) is 0.340. The number of hydrogen-bond donors (Lipinski definition) is 1. The van der Waals surface area contributed by atoms with Crippen LogP contribution in [0.1, 0.15) is 51.2 Å². The van der Waals surface area contributed by atoms with Crippen LogP contribution in [0.15, 0.2) is 40.9 Å². The van der Waals surface area contributed by atoms with E-state index in [-0.39, 0.29) is 25.0 Å². The van der Waals surface area contributed by atoms with Crippen LogP contribution in [-0.4, -0.2) is 35.9 Å². The molecule has 0 aliphatic rings. The summed E-state index contributed by atoms with van der Waals surface area (Å²) >= 11 is 16.1. The van der Waals surface area contributed by atoms with E-state index in [1.54, 1.807) is 25.1 Å². The lowest BCUT2D eigenvalue weighted by Gasteiger charge is -2.29. The molecule has 0 saturated carbocycles. The number of nitrogens with zero attached hydrogens (tertiary/aromatic N) is 1. The average molecular weight is 544 g/mol. The summed E-state index contributed by atoms with van der Waals surface area (Å²) in [5.41, 5.74) is 1.74. The molecule has 0 aromatic heterocycles. The van der Waals surface area contributed by atoms with Crippen molar-refractivity contribution in [3.05, 3.63) is 62.0 Å². The van der Waals surface area contributed by atoms with E-state index >= 15 is 0 Å². The second-order valence-electron chi connectivity index (χ2n) is 7.82. The Morgan fingerprint density at radius 3 is 2.34 bits per heavy atom. The van der Waals surface area contributed by atoms with E-state index in [0.717, 1.165) is 16.5 Å². The number of carbonyl (C=O) groups excluding carboxylic acids is 2. The second-order valence-corrected chi connectivity index (χ2v) is 9.49. The molecule has 0 aliphatic carbocycles. The predicted molar refractivity (Wildman–Crippen MR) is 134 cm³/mol. The zero-order valence-electron chi connectivity index (χ0n) is 18.8. The normalized spacial score (nSPS) is 11.9. The fraction of sp³-hybridized carbons (Fsp3) is 0.417. The first-order valence-electron chi connectivity index (χ1n) is 10.6. The topological polar surface area (TPSA) is 58.6 Å². The molecule has 0 heterocycles. The smallest absolute Gasteiger partial charge is 0.261 e. The lowest BCUT2D eigenvalue weighted by atomic mass is 10.0. The highest BCUT2D eigenvalue weighted by Crippen LogP contribution is 2.30. The Labute approximate surface area is 208 Å². The Morgan fingerprint density at radius 2 is 1.78 bits per heavy atom. The van der Waals surface area contributed by atoms with Gasteiger partial charge in [-0.05, 0) is 65.0 Å². The summed E-state index contributed by atoms with van der Waals surface area (Å²) in [6.45, 7) is 8.25. The summed E-state index contributed by atoms with van der Waals surface area (Å²) in [4.78, 5) is 27.2. The van der Waals surface area contributed by atoms with Crippen molar-refractivity contribution in [2.75, 3.05) is 13.2 Å². The van der Waals surface area contributed by atoms with Gasteiger partial charge in [0.1, 0.15) is 11.8 Å². The Balaban J connectivity index is 2.22. The minimum absolute atomic E-state index is 0.0921. The van der Waals surface area contributed by atoms with Crippen LogP contribution in [0.3, 0.4) is 0 Å². The molecule has 2 aromatic carbocycles. The van der Waals surface area contributed by atoms with E-state index in [0.29, 0.717) is 33.8 Å². The number of halogens is 3. The molecule has 0 fully saturated rings. The Bertz CT molecular complexity index is 933. The van der Waals surface area contributed by atoms with Gasteiger partial charge < -0.3 is 15.0 Å². The van der Waals surface area contributed by atoms with Crippen molar-refractivity contribution in [3.8, 4) is 5.75 Å². The highest BCUT2D eigenvalue weighted by Gasteiger charge is 2.27. The largest absolute Gasteiger partial charge is 0.483 e. The summed E-state index contributed by atoms with van der Waals surface area (Å²) in [7, 11) is 0. The Kier molecular flexibility index (Phi) is 10.3. The lowest BCUT2D eigenvalue weighted by Crippen LogP contribution is -2.49. The van der Waals surface area contributed by atoms with Crippen LogP contribution in [0.25, 0.3) is 0 Å². The molecule has 1 N–H and O–H groups in total. The number of hydrogen-bond acceptors (Lipinski definition) is 3. The van der Waals surface area contributed by atoms with Crippen LogP contribution in [0, 0.1) is 0 Å². The molecule has 1 atom stereocenters. The third kappa shape index (κ3) is 7.12. The molecule has 32 heavy (non-hydrogen) atoms. The maximum Gasteiger partial charge on any atom is 0.261 e. The minimum atomic E-state index is -0.725. The molecule has 8 heteroatoms. The van der Waals surface area contributed by atoms with Crippen LogP contribution >= 0.6 is 39.1 Å². The summed E-state index contributed by atoms with van der Waals surface area (Å²) in [5, 5.41) is 3.70. The number of rotatable bonds is 10. The predicted octanol–water partition coefficient (Wildman–Crippen LogP) is 6.20. The fourth-order valence-corrected chi connectivity index (χ4v) is 4.08. The van der Waals surface area contributed by atoms with Gasteiger partial charge in [0.2, 0.25) is 5.91 Å². The number of ether oxygens (including phenoxy) is 1.